The van der Waals surface area contributed by atoms with E-state index in [1.54, 1.807) is 7.11 Å². The molecule has 1 atom stereocenters. The van der Waals surface area contributed by atoms with Gasteiger partial charge in [0.25, 0.3) is 0 Å². The first-order valence-corrected chi connectivity index (χ1v) is 7.00. The third-order valence-electron chi connectivity index (χ3n) is 3.30. The highest BCUT2D eigenvalue weighted by Crippen LogP contribution is 2.13. The predicted molar refractivity (Wildman–Crippen MR) is 81.1 cm³/mol. The molecule has 1 amide bonds. The lowest BCUT2D eigenvalue weighted by atomic mass is 10.2. The van der Waals surface area contributed by atoms with Crippen LogP contribution in [0.15, 0.2) is 36.5 Å². The molecular weight excluding hydrogens is 266 g/mol. The summed E-state index contributed by atoms with van der Waals surface area (Å²) in [5.74, 6) is 0.806. The van der Waals surface area contributed by atoms with Crippen molar-refractivity contribution >= 4 is 5.91 Å². The Balaban J connectivity index is 1.84. The number of methoxy groups -OCH3 is 1. The SMILES string of the molecule is COc1cccc(CNC(=O)CC(C)n2ccc(C)n2)c1. The molecule has 1 aromatic carbocycles. The molecule has 0 radical (unpaired) electrons. The van der Waals surface area contributed by atoms with Crippen molar-refractivity contribution in [2.24, 2.45) is 0 Å². The number of hydrogen-bond acceptors (Lipinski definition) is 3. The highest BCUT2D eigenvalue weighted by Gasteiger charge is 2.11. The van der Waals surface area contributed by atoms with Crippen molar-refractivity contribution < 1.29 is 9.53 Å². The van der Waals surface area contributed by atoms with E-state index in [-0.39, 0.29) is 11.9 Å². The van der Waals surface area contributed by atoms with Gasteiger partial charge in [0.05, 0.1) is 18.8 Å². The summed E-state index contributed by atoms with van der Waals surface area (Å²) in [6.45, 7) is 4.42. The van der Waals surface area contributed by atoms with Gasteiger partial charge in [-0.2, -0.15) is 5.10 Å². The Bertz CT molecular complexity index is 607. The van der Waals surface area contributed by atoms with Gasteiger partial charge in [0.2, 0.25) is 5.91 Å². The first-order valence-electron chi connectivity index (χ1n) is 7.00. The van der Waals surface area contributed by atoms with E-state index in [4.69, 9.17) is 4.74 Å². The molecule has 112 valence electrons. The molecule has 21 heavy (non-hydrogen) atoms. The Hall–Kier alpha value is -2.30. The van der Waals surface area contributed by atoms with Gasteiger partial charge in [0.15, 0.2) is 0 Å². The summed E-state index contributed by atoms with van der Waals surface area (Å²) in [5.41, 5.74) is 1.98. The molecule has 1 heterocycles. The fourth-order valence-electron chi connectivity index (χ4n) is 2.10. The van der Waals surface area contributed by atoms with Crippen LogP contribution in [-0.2, 0) is 11.3 Å². The molecule has 5 heteroatoms. The van der Waals surface area contributed by atoms with E-state index in [0.29, 0.717) is 13.0 Å². The Morgan fingerprint density at radius 1 is 1.43 bits per heavy atom. The Morgan fingerprint density at radius 2 is 2.24 bits per heavy atom. The number of ether oxygens (including phenoxy) is 1. The normalized spacial score (nSPS) is 12.0. The van der Waals surface area contributed by atoms with E-state index in [1.807, 2.05) is 55.1 Å². The van der Waals surface area contributed by atoms with Crippen LogP contribution < -0.4 is 10.1 Å². The molecule has 0 saturated heterocycles. The highest BCUT2D eigenvalue weighted by atomic mass is 16.5. The zero-order chi connectivity index (χ0) is 15.2. The molecule has 0 aliphatic carbocycles. The van der Waals surface area contributed by atoms with Crippen LogP contribution in [0.25, 0.3) is 0 Å². The van der Waals surface area contributed by atoms with Gasteiger partial charge < -0.3 is 10.1 Å². The molecule has 0 fully saturated rings. The molecule has 0 aliphatic heterocycles. The Kier molecular flexibility index (Phi) is 4.98. The fourth-order valence-corrected chi connectivity index (χ4v) is 2.10. The van der Waals surface area contributed by atoms with Crippen molar-refractivity contribution in [1.82, 2.24) is 15.1 Å². The van der Waals surface area contributed by atoms with Crippen molar-refractivity contribution in [3.63, 3.8) is 0 Å². The summed E-state index contributed by atoms with van der Waals surface area (Å²) >= 11 is 0. The minimum Gasteiger partial charge on any atom is -0.497 e. The third kappa shape index (κ3) is 4.34. The van der Waals surface area contributed by atoms with Crippen molar-refractivity contribution in [1.29, 1.82) is 0 Å². The fraction of sp³-hybridized carbons (Fsp3) is 0.375. The molecule has 0 spiro atoms. The van der Waals surface area contributed by atoms with Crippen LogP contribution in [0.1, 0.15) is 30.6 Å². The van der Waals surface area contributed by atoms with Crippen LogP contribution in [0.4, 0.5) is 0 Å². The van der Waals surface area contributed by atoms with Crippen molar-refractivity contribution in [2.75, 3.05) is 7.11 Å². The smallest absolute Gasteiger partial charge is 0.222 e. The average Bonchev–Trinajstić information content (AvgIpc) is 2.92. The first-order chi connectivity index (χ1) is 10.1. The predicted octanol–water partition coefficient (Wildman–Crippen LogP) is 2.47. The van der Waals surface area contributed by atoms with Crippen LogP contribution in [0.2, 0.25) is 0 Å². The van der Waals surface area contributed by atoms with Crippen LogP contribution >= 0.6 is 0 Å². The monoisotopic (exact) mass is 287 g/mol. The van der Waals surface area contributed by atoms with E-state index in [0.717, 1.165) is 17.0 Å². The number of rotatable bonds is 6. The van der Waals surface area contributed by atoms with Crippen molar-refractivity contribution in [3.05, 3.63) is 47.8 Å². The summed E-state index contributed by atoms with van der Waals surface area (Å²) in [4.78, 5) is 12.0. The maximum atomic E-state index is 12.0. The van der Waals surface area contributed by atoms with E-state index < -0.39 is 0 Å². The second-order valence-corrected chi connectivity index (χ2v) is 5.12. The standard InChI is InChI=1S/C16H21N3O2/c1-12-7-8-19(18-12)13(2)9-16(20)17-11-14-5-4-6-15(10-14)21-3/h4-8,10,13H,9,11H2,1-3H3,(H,17,20). The van der Waals surface area contributed by atoms with Gasteiger partial charge in [-0.05, 0) is 37.6 Å². The number of amides is 1. The summed E-state index contributed by atoms with van der Waals surface area (Å²) in [5, 5.41) is 7.25. The largest absolute Gasteiger partial charge is 0.497 e. The first kappa shape index (κ1) is 15.1. The second kappa shape index (κ2) is 6.92. The van der Waals surface area contributed by atoms with Crippen LogP contribution in [-0.4, -0.2) is 22.8 Å². The van der Waals surface area contributed by atoms with Crippen molar-refractivity contribution in [3.8, 4) is 5.75 Å². The minimum absolute atomic E-state index is 0.0125. The topological polar surface area (TPSA) is 56.1 Å². The number of aromatic nitrogens is 2. The quantitative estimate of drug-likeness (QED) is 0.888. The maximum absolute atomic E-state index is 12.0. The van der Waals surface area contributed by atoms with Crippen LogP contribution in [0.3, 0.4) is 0 Å². The summed E-state index contributed by atoms with van der Waals surface area (Å²) in [6.07, 6.45) is 2.31. The number of carbonyl (C=O) groups excluding carboxylic acids is 1. The van der Waals surface area contributed by atoms with E-state index in [9.17, 15) is 4.79 Å². The number of hydrogen-bond donors (Lipinski definition) is 1. The number of nitrogens with zero attached hydrogens (tertiary/aromatic N) is 2. The molecule has 1 aromatic heterocycles. The lowest BCUT2D eigenvalue weighted by Gasteiger charge is -2.12. The van der Waals surface area contributed by atoms with E-state index in [2.05, 4.69) is 10.4 Å². The Labute approximate surface area is 124 Å². The molecule has 2 aromatic rings. The molecule has 5 nitrogen and oxygen atoms in total. The molecule has 2 rings (SSSR count). The van der Waals surface area contributed by atoms with Crippen molar-refractivity contribution in [2.45, 2.75) is 32.9 Å². The van der Waals surface area contributed by atoms with Crippen LogP contribution in [0, 0.1) is 6.92 Å². The summed E-state index contributed by atoms with van der Waals surface area (Å²) in [6, 6.07) is 9.65. The Morgan fingerprint density at radius 3 is 2.90 bits per heavy atom. The average molecular weight is 287 g/mol. The number of carbonyl (C=O) groups is 1. The van der Waals surface area contributed by atoms with Gasteiger partial charge in [-0.15, -0.1) is 0 Å². The molecule has 0 aliphatic rings. The zero-order valence-corrected chi connectivity index (χ0v) is 12.7. The number of aryl methyl sites for hydroxylation is 1. The minimum atomic E-state index is 0.0125. The van der Waals surface area contributed by atoms with E-state index >= 15 is 0 Å². The lowest BCUT2D eigenvalue weighted by molar-refractivity contribution is -0.122. The number of benzene rings is 1. The lowest BCUT2D eigenvalue weighted by Crippen LogP contribution is -2.25. The van der Waals surface area contributed by atoms with Gasteiger partial charge in [-0.1, -0.05) is 12.1 Å². The molecule has 0 saturated carbocycles. The van der Waals surface area contributed by atoms with Gasteiger partial charge in [-0.3, -0.25) is 9.48 Å². The number of nitrogens with one attached hydrogen (secondary N) is 1. The highest BCUT2D eigenvalue weighted by molar-refractivity contribution is 5.76. The molecule has 0 bridgehead atoms. The van der Waals surface area contributed by atoms with Gasteiger partial charge in [0.1, 0.15) is 5.75 Å². The zero-order valence-electron chi connectivity index (χ0n) is 12.7. The van der Waals surface area contributed by atoms with Crippen LogP contribution in [0.5, 0.6) is 5.75 Å². The van der Waals surface area contributed by atoms with Gasteiger partial charge in [-0.25, -0.2) is 0 Å². The third-order valence-corrected chi connectivity index (χ3v) is 3.30. The summed E-state index contributed by atoms with van der Waals surface area (Å²) in [7, 11) is 1.63. The molecule has 1 unspecified atom stereocenters. The molecular formula is C16H21N3O2. The van der Waals surface area contributed by atoms with E-state index in [1.165, 1.54) is 0 Å². The second-order valence-electron chi connectivity index (χ2n) is 5.12. The molecule has 1 N–H and O–H groups in total. The van der Waals surface area contributed by atoms with Gasteiger partial charge in [0, 0.05) is 19.2 Å². The van der Waals surface area contributed by atoms with Gasteiger partial charge >= 0.3 is 0 Å². The summed E-state index contributed by atoms with van der Waals surface area (Å²) < 4.78 is 6.98. The maximum Gasteiger partial charge on any atom is 0.222 e.